The number of benzene rings is 1. The van der Waals surface area contributed by atoms with Gasteiger partial charge in [0.2, 0.25) is 11.7 Å². The van der Waals surface area contributed by atoms with E-state index in [2.05, 4.69) is 28.4 Å². The first-order valence-electron chi connectivity index (χ1n) is 7.22. The predicted octanol–water partition coefficient (Wildman–Crippen LogP) is 2.89. The highest BCUT2D eigenvalue weighted by Crippen LogP contribution is 2.40. The van der Waals surface area contributed by atoms with Gasteiger partial charge < -0.3 is 14.6 Å². The van der Waals surface area contributed by atoms with E-state index in [1.54, 1.807) is 11.8 Å². The number of para-hydroxylation sites is 1. The average Bonchev–Trinajstić information content (AvgIpc) is 3.17. The quantitative estimate of drug-likeness (QED) is 0.920. The smallest absolute Gasteiger partial charge is 0.246 e. The number of ether oxygens (including phenoxy) is 1. The molecule has 6 heteroatoms. The lowest BCUT2D eigenvalue weighted by atomic mass is 10.0. The molecule has 0 amide bonds. The second kappa shape index (κ2) is 5.03. The first-order valence-corrected chi connectivity index (χ1v) is 8.21. The molecular weight excluding hydrogens is 286 g/mol. The molecule has 1 fully saturated rings. The van der Waals surface area contributed by atoms with Crippen molar-refractivity contribution in [2.75, 3.05) is 12.3 Å². The molecule has 1 aromatic heterocycles. The van der Waals surface area contributed by atoms with Crippen LogP contribution in [-0.4, -0.2) is 22.4 Å². The van der Waals surface area contributed by atoms with Gasteiger partial charge in [-0.3, -0.25) is 0 Å². The van der Waals surface area contributed by atoms with Crippen LogP contribution in [0.15, 0.2) is 33.7 Å². The average molecular weight is 303 g/mol. The molecular formula is C15H17N3O2S. The lowest BCUT2D eigenvalue weighted by molar-refractivity contribution is 0.204. The van der Waals surface area contributed by atoms with Crippen molar-refractivity contribution in [3.8, 4) is 5.75 Å². The molecule has 0 bridgehead atoms. The lowest BCUT2D eigenvalue weighted by Crippen LogP contribution is -2.33. The summed E-state index contributed by atoms with van der Waals surface area (Å²) < 4.78 is 11.5. The molecule has 21 heavy (non-hydrogen) atoms. The molecule has 2 aliphatic heterocycles. The van der Waals surface area contributed by atoms with Gasteiger partial charge in [0.25, 0.3) is 0 Å². The van der Waals surface area contributed by atoms with E-state index in [1.807, 2.05) is 18.2 Å². The molecule has 3 heterocycles. The van der Waals surface area contributed by atoms with Crippen LogP contribution < -0.4 is 10.1 Å². The largest absolute Gasteiger partial charge is 0.480 e. The Kier molecular flexibility index (Phi) is 3.15. The van der Waals surface area contributed by atoms with Gasteiger partial charge in [0.1, 0.15) is 5.75 Å². The van der Waals surface area contributed by atoms with Crippen LogP contribution in [0.1, 0.15) is 37.6 Å². The maximum absolute atomic E-state index is 6.00. The Morgan fingerprint density at radius 3 is 3.14 bits per heavy atom. The molecule has 0 aliphatic carbocycles. The van der Waals surface area contributed by atoms with E-state index >= 15 is 0 Å². The standard InChI is InChI=1S/C15H17N3O2S/c1-15(7-4-8-16-15)14-17-13(18-20-14)11-9-21-12-6-3-2-5-10(12)19-11/h2-3,5-6,11,16H,4,7-9H2,1H3. The van der Waals surface area contributed by atoms with Crippen molar-refractivity contribution < 1.29 is 9.26 Å². The minimum atomic E-state index is -0.190. The van der Waals surface area contributed by atoms with Crippen LogP contribution in [0.5, 0.6) is 5.75 Å². The molecule has 4 rings (SSSR count). The van der Waals surface area contributed by atoms with E-state index in [-0.39, 0.29) is 11.6 Å². The Balaban J connectivity index is 1.57. The third kappa shape index (κ3) is 2.32. The number of aromatic nitrogens is 2. The van der Waals surface area contributed by atoms with Gasteiger partial charge in [0.05, 0.1) is 5.54 Å². The molecule has 2 aromatic rings. The fraction of sp³-hybridized carbons (Fsp3) is 0.467. The van der Waals surface area contributed by atoms with Crippen LogP contribution in [0.25, 0.3) is 0 Å². The van der Waals surface area contributed by atoms with Crippen LogP contribution >= 0.6 is 11.8 Å². The Labute approximate surface area is 127 Å². The number of nitrogens with zero attached hydrogens (tertiary/aromatic N) is 2. The summed E-state index contributed by atoms with van der Waals surface area (Å²) in [6.45, 7) is 3.11. The summed E-state index contributed by atoms with van der Waals surface area (Å²) in [5.74, 6) is 3.01. The predicted molar refractivity (Wildman–Crippen MR) is 79.4 cm³/mol. The highest BCUT2D eigenvalue weighted by Gasteiger charge is 2.37. The van der Waals surface area contributed by atoms with Crippen molar-refractivity contribution in [3.63, 3.8) is 0 Å². The Morgan fingerprint density at radius 2 is 2.29 bits per heavy atom. The summed E-state index contributed by atoms with van der Waals surface area (Å²) in [4.78, 5) is 5.75. The minimum Gasteiger partial charge on any atom is -0.480 e. The van der Waals surface area contributed by atoms with Gasteiger partial charge in [-0.1, -0.05) is 17.3 Å². The van der Waals surface area contributed by atoms with E-state index in [9.17, 15) is 0 Å². The number of hydrogen-bond donors (Lipinski definition) is 1. The Morgan fingerprint density at radius 1 is 1.38 bits per heavy atom. The fourth-order valence-corrected chi connectivity index (χ4v) is 3.79. The first kappa shape index (κ1) is 13.2. The fourth-order valence-electron chi connectivity index (χ4n) is 2.81. The maximum Gasteiger partial charge on any atom is 0.246 e. The lowest BCUT2D eigenvalue weighted by Gasteiger charge is -2.23. The highest BCUT2D eigenvalue weighted by molar-refractivity contribution is 7.99. The minimum absolute atomic E-state index is 0.146. The molecule has 2 atom stereocenters. The van der Waals surface area contributed by atoms with Crippen molar-refractivity contribution in [2.24, 2.45) is 0 Å². The molecule has 2 aliphatic rings. The van der Waals surface area contributed by atoms with Crippen molar-refractivity contribution in [2.45, 2.75) is 36.3 Å². The van der Waals surface area contributed by atoms with Gasteiger partial charge in [0, 0.05) is 10.6 Å². The second-order valence-electron chi connectivity index (χ2n) is 5.68. The molecule has 0 radical (unpaired) electrons. The maximum atomic E-state index is 6.00. The zero-order valence-electron chi connectivity index (χ0n) is 11.8. The molecule has 2 unspecified atom stereocenters. The van der Waals surface area contributed by atoms with Crippen molar-refractivity contribution in [1.82, 2.24) is 15.5 Å². The molecule has 0 spiro atoms. The zero-order chi connectivity index (χ0) is 14.3. The SMILES string of the molecule is CC1(c2nc(C3CSc4ccccc4O3)no2)CCCN1. The number of nitrogens with one attached hydrogen (secondary N) is 1. The van der Waals surface area contributed by atoms with Crippen LogP contribution in [0.2, 0.25) is 0 Å². The van der Waals surface area contributed by atoms with Crippen molar-refractivity contribution in [3.05, 3.63) is 36.0 Å². The van der Waals surface area contributed by atoms with Crippen LogP contribution in [0.4, 0.5) is 0 Å². The van der Waals surface area contributed by atoms with Crippen LogP contribution in [0.3, 0.4) is 0 Å². The Bertz CT molecular complexity index is 652. The molecule has 5 nitrogen and oxygen atoms in total. The van der Waals surface area contributed by atoms with Gasteiger partial charge >= 0.3 is 0 Å². The third-order valence-electron chi connectivity index (χ3n) is 4.08. The summed E-state index contributed by atoms with van der Waals surface area (Å²) >= 11 is 1.77. The normalized spacial score (nSPS) is 28.1. The third-order valence-corrected chi connectivity index (χ3v) is 5.20. The van der Waals surface area contributed by atoms with Crippen molar-refractivity contribution in [1.29, 1.82) is 0 Å². The van der Waals surface area contributed by atoms with Gasteiger partial charge in [-0.25, -0.2) is 0 Å². The van der Waals surface area contributed by atoms with Gasteiger partial charge in [-0.15, -0.1) is 11.8 Å². The van der Waals surface area contributed by atoms with Crippen LogP contribution in [0, 0.1) is 0 Å². The van der Waals surface area contributed by atoms with E-state index in [4.69, 9.17) is 9.26 Å². The number of rotatable bonds is 2. The summed E-state index contributed by atoms with van der Waals surface area (Å²) in [6, 6.07) is 8.05. The number of hydrogen-bond acceptors (Lipinski definition) is 6. The van der Waals surface area contributed by atoms with E-state index < -0.39 is 0 Å². The van der Waals surface area contributed by atoms with E-state index in [0.717, 1.165) is 30.9 Å². The molecule has 1 saturated heterocycles. The van der Waals surface area contributed by atoms with Crippen LogP contribution in [-0.2, 0) is 5.54 Å². The summed E-state index contributed by atoms with van der Waals surface area (Å²) in [6.07, 6.45) is 2.02. The molecule has 1 N–H and O–H groups in total. The second-order valence-corrected chi connectivity index (χ2v) is 6.75. The van der Waals surface area contributed by atoms with Gasteiger partial charge in [-0.2, -0.15) is 4.98 Å². The van der Waals surface area contributed by atoms with E-state index in [1.165, 1.54) is 4.90 Å². The van der Waals surface area contributed by atoms with E-state index in [0.29, 0.717) is 11.7 Å². The first-order chi connectivity index (χ1) is 10.2. The Hall–Kier alpha value is -1.53. The molecule has 0 saturated carbocycles. The summed E-state index contributed by atoms with van der Waals surface area (Å²) in [5.41, 5.74) is -0.190. The molecule has 110 valence electrons. The van der Waals surface area contributed by atoms with Gasteiger partial charge in [0.15, 0.2) is 6.10 Å². The number of thioether (sulfide) groups is 1. The van der Waals surface area contributed by atoms with Gasteiger partial charge in [-0.05, 0) is 38.4 Å². The molecule has 1 aromatic carbocycles. The zero-order valence-corrected chi connectivity index (χ0v) is 12.7. The summed E-state index contributed by atoms with van der Waals surface area (Å²) in [5, 5.41) is 7.58. The highest BCUT2D eigenvalue weighted by atomic mass is 32.2. The topological polar surface area (TPSA) is 60.2 Å². The monoisotopic (exact) mass is 303 g/mol. The summed E-state index contributed by atoms with van der Waals surface area (Å²) in [7, 11) is 0. The van der Waals surface area contributed by atoms with Crippen molar-refractivity contribution >= 4 is 11.8 Å². The number of fused-ring (bicyclic) bond motifs is 1.